The third kappa shape index (κ3) is 4.83. The number of benzene rings is 2. The number of nitrogens with zero attached hydrogens (tertiary/aromatic N) is 2. The van der Waals surface area contributed by atoms with E-state index in [1.54, 1.807) is 30.3 Å². The highest BCUT2D eigenvalue weighted by molar-refractivity contribution is 6.33. The molecule has 0 saturated heterocycles. The summed E-state index contributed by atoms with van der Waals surface area (Å²) in [5.41, 5.74) is 4.63. The van der Waals surface area contributed by atoms with Crippen molar-refractivity contribution in [3.8, 4) is 28.4 Å². The van der Waals surface area contributed by atoms with Crippen LogP contribution in [0, 0.1) is 5.92 Å². The zero-order chi connectivity index (χ0) is 24.5. The fourth-order valence-corrected chi connectivity index (χ4v) is 4.63. The minimum absolute atomic E-state index is 0.0850. The first kappa shape index (κ1) is 22.9. The Morgan fingerprint density at radius 1 is 0.886 bits per heavy atom. The summed E-state index contributed by atoms with van der Waals surface area (Å²) in [5, 5.41) is 18.7. The largest absolute Gasteiger partial charge is 0.481 e. The number of aromatic amines is 1. The first-order valence-electron chi connectivity index (χ1n) is 11.3. The van der Waals surface area contributed by atoms with Crippen molar-refractivity contribution in [3.05, 3.63) is 65.2 Å². The Morgan fingerprint density at radius 2 is 1.49 bits per heavy atom. The first-order chi connectivity index (χ1) is 16.9. The van der Waals surface area contributed by atoms with Gasteiger partial charge < -0.3 is 19.9 Å². The van der Waals surface area contributed by atoms with E-state index in [9.17, 15) is 9.59 Å². The number of aromatic carboxylic acids is 1. The van der Waals surface area contributed by atoms with E-state index in [-0.39, 0.29) is 17.6 Å². The van der Waals surface area contributed by atoms with Gasteiger partial charge in [0.2, 0.25) is 0 Å². The summed E-state index contributed by atoms with van der Waals surface area (Å²) in [6, 6.07) is 16.5. The summed E-state index contributed by atoms with van der Waals surface area (Å²) in [6.45, 7) is 0. The third-order valence-corrected chi connectivity index (χ3v) is 6.62. The van der Waals surface area contributed by atoms with Crippen LogP contribution in [0.1, 0.15) is 36.0 Å². The number of H-pyrrole nitrogens is 1. The minimum atomic E-state index is -0.958. The van der Waals surface area contributed by atoms with Crippen molar-refractivity contribution in [1.29, 1.82) is 0 Å². The Bertz CT molecular complexity index is 1390. The van der Waals surface area contributed by atoms with Gasteiger partial charge in [0.25, 0.3) is 6.01 Å². The highest BCUT2D eigenvalue weighted by Crippen LogP contribution is 2.32. The summed E-state index contributed by atoms with van der Waals surface area (Å²) in [6.07, 6.45) is 2.43. The van der Waals surface area contributed by atoms with Crippen molar-refractivity contribution in [2.45, 2.75) is 31.8 Å². The van der Waals surface area contributed by atoms with Crippen LogP contribution in [0.4, 0.5) is 0 Å². The number of imidazole rings is 1. The fourth-order valence-electron chi connectivity index (χ4n) is 4.37. The summed E-state index contributed by atoms with van der Waals surface area (Å²) < 4.78 is 5.96. The van der Waals surface area contributed by atoms with E-state index in [1.807, 2.05) is 24.3 Å². The molecule has 0 atom stereocenters. The van der Waals surface area contributed by atoms with Crippen LogP contribution < -0.4 is 4.74 Å². The lowest BCUT2D eigenvalue weighted by Crippen LogP contribution is -2.28. The zero-order valence-electron chi connectivity index (χ0n) is 18.6. The maximum Gasteiger partial charge on any atom is 0.335 e. The lowest BCUT2D eigenvalue weighted by molar-refractivity contribution is -0.143. The molecule has 0 aliphatic heterocycles. The number of nitrogens with one attached hydrogen (secondary N) is 1. The molecular weight excluding hydrogens is 470 g/mol. The average Bonchev–Trinajstić information content (AvgIpc) is 3.25. The van der Waals surface area contributed by atoms with Gasteiger partial charge in [0.1, 0.15) is 6.10 Å². The second-order valence-corrected chi connectivity index (χ2v) is 9.03. The molecule has 0 spiro atoms. The number of rotatable bonds is 6. The Balaban J connectivity index is 1.33. The number of pyridine rings is 1. The number of aromatic nitrogens is 3. The normalized spacial score (nSPS) is 17.9. The lowest BCUT2D eigenvalue weighted by Gasteiger charge is -2.25. The maximum atomic E-state index is 11.1. The zero-order valence-corrected chi connectivity index (χ0v) is 19.3. The van der Waals surface area contributed by atoms with Crippen LogP contribution in [-0.4, -0.2) is 43.2 Å². The molecule has 1 saturated carbocycles. The molecule has 8 nitrogen and oxygen atoms in total. The Morgan fingerprint density at radius 3 is 2.09 bits per heavy atom. The number of halogens is 1. The second kappa shape index (κ2) is 9.38. The molecule has 2 heterocycles. The monoisotopic (exact) mass is 491 g/mol. The van der Waals surface area contributed by atoms with Crippen LogP contribution in [0.15, 0.2) is 54.6 Å². The summed E-state index contributed by atoms with van der Waals surface area (Å²) in [7, 11) is 0. The van der Waals surface area contributed by atoms with Gasteiger partial charge in [0.05, 0.1) is 27.7 Å². The Kier molecular flexibility index (Phi) is 6.13. The van der Waals surface area contributed by atoms with Gasteiger partial charge in [-0.25, -0.2) is 9.78 Å². The predicted octanol–water partition coefficient (Wildman–Crippen LogP) is 5.67. The van der Waals surface area contributed by atoms with Crippen LogP contribution in [0.5, 0.6) is 6.01 Å². The number of hydrogen-bond acceptors (Lipinski definition) is 5. The summed E-state index contributed by atoms with van der Waals surface area (Å²) in [4.78, 5) is 34.4. The van der Waals surface area contributed by atoms with Gasteiger partial charge in [-0.2, -0.15) is 4.98 Å². The molecule has 4 aromatic rings. The molecule has 1 aliphatic rings. The Labute approximate surface area is 205 Å². The highest BCUT2D eigenvalue weighted by atomic mass is 35.5. The second-order valence-electron chi connectivity index (χ2n) is 8.62. The Hall–Kier alpha value is -3.91. The minimum Gasteiger partial charge on any atom is -0.481 e. The van der Waals surface area contributed by atoms with Crippen molar-refractivity contribution in [1.82, 2.24) is 15.0 Å². The summed E-state index contributed by atoms with van der Waals surface area (Å²) >= 11 is 6.53. The van der Waals surface area contributed by atoms with Crippen LogP contribution in [0.25, 0.3) is 33.5 Å². The van der Waals surface area contributed by atoms with E-state index in [2.05, 4.69) is 15.0 Å². The molecule has 9 heteroatoms. The van der Waals surface area contributed by atoms with E-state index in [0.29, 0.717) is 53.6 Å². The van der Waals surface area contributed by atoms with Crippen molar-refractivity contribution in [3.63, 3.8) is 0 Å². The third-order valence-electron chi connectivity index (χ3n) is 6.33. The molecule has 2 aromatic heterocycles. The van der Waals surface area contributed by atoms with Gasteiger partial charge >= 0.3 is 11.9 Å². The smallest absolute Gasteiger partial charge is 0.335 e. The molecule has 0 bridgehead atoms. The van der Waals surface area contributed by atoms with E-state index in [1.165, 1.54) is 0 Å². The van der Waals surface area contributed by atoms with Crippen molar-refractivity contribution in [2.24, 2.45) is 5.92 Å². The molecule has 2 aromatic carbocycles. The van der Waals surface area contributed by atoms with Crippen LogP contribution in [0.3, 0.4) is 0 Å². The molecular formula is C26H22ClN3O5. The molecule has 178 valence electrons. The number of carboxylic acid groups (broad SMARTS) is 2. The topological polar surface area (TPSA) is 125 Å². The molecule has 35 heavy (non-hydrogen) atoms. The van der Waals surface area contributed by atoms with Crippen molar-refractivity contribution < 1.29 is 24.5 Å². The number of carbonyl (C=O) groups is 2. The molecule has 1 fully saturated rings. The van der Waals surface area contributed by atoms with Gasteiger partial charge in [-0.3, -0.25) is 4.79 Å². The number of fused-ring (bicyclic) bond motifs is 1. The fraction of sp³-hybridized carbons (Fsp3) is 0.231. The number of hydrogen-bond donors (Lipinski definition) is 3. The summed E-state index contributed by atoms with van der Waals surface area (Å²) in [5.74, 6) is -2.01. The SMILES string of the molecule is O=C(O)c1ccc(-c2ccc(-c3nc4nc(OC5CCC(C(=O)O)CC5)[nH]c4cc3Cl)cc2)cc1. The van der Waals surface area contributed by atoms with Gasteiger partial charge in [0, 0.05) is 5.56 Å². The number of ether oxygens (including phenoxy) is 1. The lowest BCUT2D eigenvalue weighted by atomic mass is 9.87. The molecule has 5 rings (SSSR count). The molecule has 3 N–H and O–H groups in total. The number of aliphatic carboxylic acids is 1. The number of carboxylic acids is 2. The van der Waals surface area contributed by atoms with Crippen LogP contribution in [-0.2, 0) is 4.79 Å². The van der Waals surface area contributed by atoms with E-state index in [4.69, 9.17) is 26.6 Å². The molecule has 1 aliphatic carbocycles. The molecule has 0 radical (unpaired) electrons. The highest BCUT2D eigenvalue weighted by Gasteiger charge is 2.27. The standard InChI is InChI=1S/C26H22ClN3O5/c27-20-13-21-23(30-26(28-21)35-19-11-9-18(10-12-19)25(33)34)29-22(20)16-5-1-14(2-6-16)15-3-7-17(8-4-15)24(31)32/h1-8,13,18-19H,9-12H2,(H,31,32)(H,33,34)(H,28,29,30). The average molecular weight is 492 g/mol. The van der Waals surface area contributed by atoms with Crippen LogP contribution in [0.2, 0.25) is 5.02 Å². The molecule has 0 amide bonds. The van der Waals surface area contributed by atoms with E-state index < -0.39 is 11.9 Å². The van der Waals surface area contributed by atoms with Crippen LogP contribution >= 0.6 is 11.6 Å². The van der Waals surface area contributed by atoms with Gasteiger partial charge in [-0.05, 0) is 55.0 Å². The molecule has 0 unspecified atom stereocenters. The van der Waals surface area contributed by atoms with Crippen molar-refractivity contribution in [2.75, 3.05) is 0 Å². The van der Waals surface area contributed by atoms with Gasteiger partial charge in [-0.15, -0.1) is 0 Å². The predicted molar refractivity (Wildman–Crippen MR) is 131 cm³/mol. The quantitative estimate of drug-likeness (QED) is 0.317. The van der Waals surface area contributed by atoms with Gasteiger partial charge in [0.15, 0.2) is 5.65 Å². The maximum absolute atomic E-state index is 11.1. The van der Waals surface area contributed by atoms with Gasteiger partial charge in [-0.1, -0.05) is 48.0 Å². The van der Waals surface area contributed by atoms with E-state index in [0.717, 1.165) is 16.7 Å². The van der Waals surface area contributed by atoms with E-state index >= 15 is 0 Å². The van der Waals surface area contributed by atoms with Crippen molar-refractivity contribution >= 4 is 34.7 Å². The first-order valence-corrected chi connectivity index (χ1v) is 11.6.